The number of pyridine rings is 1. The molecule has 1 saturated heterocycles. The number of aromatic nitrogens is 1. The molecule has 0 radical (unpaired) electrons. The van der Waals surface area contributed by atoms with Crippen LogP contribution in [0, 0.1) is 12.8 Å². The van der Waals surface area contributed by atoms with Gasteiger partial charge in [-0.05, 0) is 55.9 Å². The summed E-state index contributed by atoms with van der Waals surface area (Å²) in [7, 11) is 0. The van der Waals surface area contributed by atoms with E-state index >= 15 is 0 Å². The van der Waals surface area contributed by atoms with Crippen LogP contribution < -0.4 is 10.9 Å². The average Bonchev–Trinajstić information content (AvgIpc) is 2.66. The Morgan fingerprint density at radius 1 is 1.15 bits per heavy atom. The highest BCUT2D eigenvalue weighted by Crippen LogP contribution is 2.23. The molecule has 0 atom stereocenters. The number of hydrogen-bond acceptors (Lipinski definition) is 3. The van der Waals surface area contributed by atoms with Crippen molar-refractivity contribution in [2.24, 2.45) is 5.92 Å². The number of carbonyl (C=O) groups is 2. The molecule has 27 heavy (non-hydrogen) atoms. The molecule has 0 aliphatic carbocycles. The summed E-state index contributed by atoms with van der Waals surface area (Å²) in [5, 5.41) is 2.94. The van der Waals surface area contributed by atoms with Gasteiger partial charge in [-0.2, -0.15) is 0 Å². The number of likely N-dealkylation sites (tertiary alicyclic amines) is 1. The highest BCUT2D eigenvalue weighted by atomic mass is 16.2. The van der Waals surface area contributed by atoms with Crippen molar-refractivity contribution in [3.8, 4) is 0 Å². The van der Waals surface area contributed by atoms with Crippen molar-refractivity contribution in [2.75, 3.05) is 18.4 Å². The maximum atomic E-state index is 12.4. The lowest BCUT2D eigenvalue weighted by Gasteiger charge is -2.31. The van der Waals surface area contributed by atoms with Crippen molar-refractivity contribution in [1.82, 2.24) is 9.88 Å². The minimum atomic E-state index is -0.268. The number of aryl methyl sites for hydroxylation is 1. The molecule has 0 saturated carbocycles. The predicted molar refractivity (Wildman–Crippen MR) is 105 cm³/mol. The Kier molecular flexibility index (Phi) is 6.06. The van der Waals surface area contributed by atoms with Gasteiger partial charge in [0.2, 0.25) is 11.5 Å². The molecular weight excluding hydrogens is 342 g/mol. The van der Waals surface area contributed by atoms with Crippen LogP contribution >= 0.6 is 0 Å². The van der Waals surface area contributed by atoms with Gasteiger partial charge < -0.3 is 15.2 Å². The van der Waals surface area contributed by atoms with E-state index in [-0.39, 0.29) is 17.4 Å². The fourth-order valence-corrected chi connectivity index (χ4v) is 3.45. The monoisotopic (exact) mass is 367 g/mol. The first kappa shape index (κ1) is 18.9. The van der Waals surface area contributed by atoms with E-state index in [1.54, 1.807) is 17.0 Å². The predicted octanol–water partition coefficient (Wildman–Crippen LogP) is 2.95. The molecule has 1 aliphatic heterocycles. The lowest BCUT2D eigenvalue weighted by atomic mass is 9.92. The number of aromatic amines is 1. The van der Waals surface area contributed by atoms with E-state index < -0.39 is 0 Å². The zero-order valence-corrected chi connectivity index (χ0v) is 15.5. The molecular formula is C21H25N3O3. The van der Waals surface area contributed by atoms with E-state index in [9.17, 15) is 14.4 Å². The number of nitrogens with one attached hydrogen (secondary N) is 2. The van der Waals surface area contributed by atoms with Crippen LogP contribution in [-0.4, -0.2) is 34.8 Å². The van der Waals surface area contributed by atoms with Gasteiger partial charge in [-0.3, -0.25) is 14.4 Å². The minimum absolute atomic E-state index is 0.0287. The van der Waals surface area contributed by atoms with E-state index in [4.69, 9.17) is 0 Å². The van der Waals surface area contributed by atoms with Crippen molar-refractivity contribution in [2.45, 2.75) is 32.6 Å². The summed E-state index contributed by atoms with van der Waals surface area (Å²) in [6.07, 6.45) is 3.06. The highest BCUT2D eigenvalue weighted by Gasteiger charge is 2.24. The smallest absolute Gasteiger partial charge is 0.270 e. The van der Waals surface area contributed by atoms with E-state index in [2.05, 4.69) is 10.3 Å². The molecule has 142 valence electrons. The van der Waals surface area contributed by atoms with E-state index in [0.717, 1.165) is 30.5 Å². The third-order valence-corrected chi connectivity index (χ3v) is 4.98. The van der Waals surface area contributed by atoms with Crippen LogP contribution in [0.3, 0.4) is 0 Å². The van der Waals surface area contributed by atoms with Crippen molar-refractivity contribution < 1.29 is 9.59 Å². The standard InChI is InChI=1S/C21H25N3O3/c1-15-4-2-5-17(14-15)22-20(26)9-8-16-10-12-24(13-11-16)21(27)18-6-3-7-19(25)23-18/h2-7,14,16H,8-13H2,1H3,(H,22,26)(H,23,25). The Morgan fingerprint density at radius 3 is 2.59 bits per heavy atom. The number of piperidine rings is 1. The number of rotatable bonds is 5. The third-order valence-electron chi connectivity index (χ3n) is 4.98. The Balaban J connectivity index is 1.43. The summed E-state index contributed by atoms with van der Waals surface area (Å²) in [6, 6.07) is 12.4. The van der Waals surface area contributed by atoms with Gasteiger partial charge in [-0.25, -0.2) is 0 Å². The normalized spacial score (nSPS) is 14.8. The van der Waals surface area contributed by atoms with Gasteiger partial charge in [-0.15, -0.1) is 0 Å². The first-order chi connectivity index (χ1) is 13.0. The molecule has 2 heterocycles. The van der Waals surface area contributed by atoms with Gasteiger partial charge in [-0.1, -0.05) is 18.2 Å². The maximum absolute atomic E-state index is 12.4. The van der Waals surface area contributed by atoms with Gasteiger partial charge in [0.1, 0.15) is 5.69 Å². The second-order valence-electron chi connectivity index (χ2n) is 7.12. The van der Waals surface area contributed by atoms with E-state index in [0.29, 0.717) is 31.1 Å². The molecule has 0 spiro atoms. The van der Waals surface area contributed by atoms with E-state index in [1.165, 1.54) is 6.07 Å². The number of hydrogen-bond donors (Lipinski definition) is 2. The van der Waals surface area contributed by atoms with Crippen LogP contribution in [0.15, 0.2) is 47.3 Å². The van der Waals surface area contributed by atoms with Crippen molar-refractivity contribution in [3.05, 3.63) is 64.1 Å². The summed E-state index contributed by atoms with van der Waals surface area (Å²) in [5.41, 5.74) is 2.01. The highest BCUT2D eigenvalue weighted by molar-refractivity contribution is 5.92. The Hall–Kier alpha value is -2.89. The fraction of sp³-hybridized carbons (Fsp3) is 0.381. The number of anilines is 1. The van der Waals surface area contributed by atoms with Crippen molar-refractivity contribution >= 4 is 17.5 Å². The van der Waals surface area contributed by atoms with Crippen LogP contribution in [0.4, 0.5) is 5.69 Å². The van der Waals surface area contributed by atoms with E-state index in [1.807, 2.05) is 31.2 Å². The fourth-order valence-electron chi connectivity index (χ4n) is 3.45. The second kappa shape index (κ2) is 8.66. The molecule has 1 aromatic heterocycles. The van der Waals surface area contributed by atoms with Gasteiger partial charge in [0.25, 0.3) is 5.91 Å². The molecule has 1 aliphatic rings. The maximum Gasteiger partial charge on any atom is 0.270 e. The second-order valence-corrected chi connectivity index (χ2v) is 7.12. The van der Waals surface area contributed by atoms with Crippen LogP contribution in [0.1, 0.15) is 41.7 Å². The number of amides is 2. The summed E-state index contributed by atoms with van der Waals surface area (Å²) >= 11 is 0. The number of benzene rings is 1. The summed E-state index contributed by atoms with van der Waals surface area (Å²) in [4.78, 5) is 40.3. The molecule has 2 aromatic rings. The van der Waals surface area contributed by atoms with Gasteiger partial charge in [0.15, 0.2) is 0 Å². The SMILES string of the molecule is Cc1cccc(NC(=O)CCC2CCN(C(=O)c3cccc(=O)[nH]3)CC2)c1. The molecule has 6 nitrogen and oxygen atoms in total. The molecule has 3 rings (SSSR count). The molecule has 2 amide bonds. The molecule has 0 unspecified atom stereocenters. The van der Waals surface area contributed by atoms with Crippen molar-refractivity contribution in [3.63, 3.8) is 0 Å². The Bertz CT molecular complexity index is 867. The van der Waals surface area contributed by atoms with Crippen LogP contribution in [0.5, 0.6) is 0 Å². The zero-order chi connectivity index (χ0) is 19.2. The first-order valence-corrected chi connectivity index (χ1v) is 9.36. The minimum Gasteiger partial charge on any atom is -0.337 e. The molecule has 6 heteroatoms. The van der Waals surface area contributed by atoms with Crippen LogP contribution in [-0.2, 0) is 4.79 Å². The Labute approximate surface area is 158 Å². The summed E-state index contributed by atoms with van der Waals surface area (Å²) < 4.78 is 0. The molecule has 2 N–H and O–H groups in total. The van der Waals surface area contributed by atoms with Gasteiger partial charge in [0, 0.05) is 31.3 Å². The quantitative estimate of drug-likeness (QED) is 0.852. The zero-order valence-electron chi connectivity index (χ0n) is 15.5. The van der Waals surface area contributed by atoms with Gasteiger partial charge in [0.05, 0.1) is 0 Å². The summed E-state index contributed by atoms with van der Waals surface area (Å²) in [6.45, 7) is 3.30. The number of carbonyl (C=O) groups excluding carboxylic acids is 2. The molecule has 0 bridgehead atoms. The molecule has 1 fully saturated rings. The molecule has 1 aromatic carbocycles. The van der Waals surface area contributed by atoms with Gasteiger partial charge >= 0.3 is 0 Å². The average molecular weight is 367 g/mol. The first-order valence-electron chi connectivity index (χ1n) is 9.36. The number of nitrogens with zero attached hydrogens (tertiary/aromatic N) is 1. The van der Waals surface area contributed by atoms with Crippen LogP contribution in [0.25, 0.3) is 0 Å². The number of H-pyrrole nitrogens is 1. The third kappa shape index (κ3) is 5.29. The Morgan fingerprint density at radius 2 is 1.89 bits per heavy atom. The lowest BCUT2D eigenvalue weighted by molar-refractivity contribution is -0.116. The topological polar surface area (TPSA) is 82.3 Å². The summed E-state index contributed by atoms with van der Waals surface area (Å²) in [5.74, 6) is 0.330. The lowest BCUT2D eigenvalue weighted by Crippen LogP contribution is -2.39. The van der Waals surface area contributed by atoms with Crippen molar-refractivity contribution in [1.29, 1.82) is 0 Å². The van der Waals surface area contributed by atoms with Crippen LogP contribution in [0.2, 0.25) is 0 Å². The largest absolute Gasteiger partial charge is 0.337 e.